The molecule has 0 aliphatic heterocycles. The Morgan fingerprint density at radius 1 is 1.00 bits per heavy atom. The molecule has 0 heterocycles. The van der Waals surface area contributed by atoms with Crippen LogP contribution in [0.25, 0.3) is 5.57 Å². The average Bonchev–Trinajstić information content (AvgIpc) is 2.42. The molecule has 0 saturated heterocycles. The maximum Gasteiger partial charge on any atom is -0.0112 e. The van der Waals surface area contributed by atoms with Gasteiger partial charge in [-0.15, -0.1) is 0 Å². The van der Waals surface area contributed by atoms with E-state index >= 15 is 0 Å². The molecule has 0 nitrogen and oxygen atoms in total. The highest BCUT2D eigenvalue weighted by Crippen LogP contribution is 2.27. The molecule has 0 unspecified atom stereocenters. The van der Waals surface area contributed by atoms with E-state index in [1.807, 2.05) is 18.2 Å². The van der Waals surface area contributed by atoms with E-state index in [1.54, 1.807) is 12.2 Å². The van der Waals surface area contributed by atoms with Crippen molar-refractivity contribution in [2.75, 3.05) is 0 Å². The maximum absolute atomic E-state index is 4.12. The van der Waals surface area contributed by atoms with Crippen molar-refractivity contribution in [3.05, 3.63) is 103 Å². The van der Waals surface area contributed by atoms with Crippen LogP contribution in [-0.4, -0.2) is 0 Å². The molecule has 19 heavy (non-hydrogen) atoms. The first kappa shape index (κ1) is 14.7. The van der Waals surface area contributed by atoms with Crippen LogP contribution in [0.5, 0.6) is 0 Å². The number of aryl methyl sites for hydroxylation is 1. The lowest BCUT2D eigenvalue weighted by Crippen LogP contribution is -1.91. The zero-order valence-corrected chi connectivity index (χ0v) is 11.5. The van der Waals surface area contributed by atoms with E-state index in [9.17, 15) is 0 Å². The smallest absolute Gasteiger partial charge is 0.0112 e. The fourth-order valence-electron chi connectivity index (χ4n) is 1.68. The van der Waals surface area contributed by atoms with Gasteiger partial charge in [0, 0.05) is 0 Å². The van der Waals surface area contributed by atoms with E-state index in [0.29, 0.717) is 0 Å². The first-order valence-electron chi connectivity index (χ1n) is 6.17. The third-order valence-corrected chi connectivity index (χ3v) is 2.79. The van der Waals surface area contributed by atoms with Gasteiger partial charge in [0.15, 0.2) is 0 Å². The molecular weight excluding hydrogens is 228 g/mol. The fourth-order valence-corrected chi connectivity index (χ4v) is 1.68. The van der Waals surface area contributed by atoms with E-state index in [2.05, 4.69) is 57.5 Å². The Morgan fingerprint density at radius 2 is 1.63 bits per heavy atom. The molecule has 0 radical (unpaired) electrons. The van der Waals surface area contributed by atoms with Gasteiger partial charge >= 0.3 is 0 Å². The monoisotopic (exact) mass is 248 g/mol. The Labute approximate surface area is 116 Å². The number of allylic oxidation sites excluding steroid dienone is 8. The van der Waals surface area contributed by atoms with E-state index in [-0.39, 0.29) is 0 Å². The Morgan fingerprint density at radius 3 is 2.16 bits per heavy atom. The second kappa shape index (κ2) is 7.17. The standard InChI is InChI=1S/C19H20/c1-6-8-10-16(4)17(5)19(9-7-2)18-13-11-15(3)12-14-18/h6-14H,1-2,4-5H2,3H3. The SMILES string of the molecule is C=CC=CC(=C)C(=C)C(=CC=C)c1ccc(C)cc1. The summed E-state index contributed by atoms with van der Waals surface area (Å²) in [5.74, 6) is 0. The Hall–Kier alpha value is -2.34. The van der Waals surface area contributed by atoms with E-state index < -0.39 is 0 Å². The first-order valence-corrected chi connectivity index (χ1v) is 6.17. The lowest BCUT2D eigenvalue weighted by molar-refractivity contribution is 1.44. The summed E-state index contributed by atoms with van der Waals surface area (Å²) >= 11 is 0. The van der Waals surface area contributed by atoms with Crippen molar-refractivity contribution < 1.29 is 0 Å². The van der Waals surface area contributed by atoms with Crippen molar-refractivity contribution in [1.82, 2.24) is 0 Å². The molecule has 0 N–H and O–H groups in total. The number of hydrogen-bond acceptors (Lipinski definition) is 0. The summed E-state index contributed by atoms with van der Waals surface area (Å²) < 4.78 is 0. The van der Waals surface area contributed by atoms with Crippen molar-refractivity contribution in [3.63, 3.8) is 0 Å². The van der Waals surface area contributed by atoms with Crippen LogP contribution in [0.2, 0.25) is 0 Å². The van der Waals surface area contributed by atoms with Crippen LogP contribution in [0.3, 0.4) is 0 Å². The van der Waals surface area contributed by atoms with Crippen molar-refractivity contribution >= 4 is 5.57 Å². The summed E-state index contributed by atoms with van der Waals surface area (Å²) in [7, 11) is 0. The Kier molecular flexibility index (Phi) is 5.56. The van der Waals surface area contributed by atoms with E-state index in [1.165, 1.54) is 5.56 Å². The summed E-state index contributed by atoms with van der Waals surface area (Å²) in [5.41, 5.74) is 5.14. The lowest BCUT2D eigenvalue weighted by atomic mass is 9.93. The predicted octanol–water partition coefficient (Wildman–Crippen LogP) is 5.42. The normalized spacial score (nSPS) is 11.3. The maximum atomic E-state index is 4.12. The van der Waals surface area contributed by atoms with E-state index in [4.69, 9.17) is 0 Å². The molecule has 0 bridgehead atoms. The minimum absolute atomic E-state index is 0.869. The molecule has 1 aromatic carbocycles. The molecule has 0 aliphatic carbocycles. The van der Waals surface area contributed by atoms with Gasteiger partial charge in [-0.1, -0.05) is 86.5 Å². The van der Waals surface area contributed by atoms with Crippen LogP contribution >= 0.6 is 0 Å². The highest BCUT2D eigenvalue weighted by Gasteiger charge is 2.06. The van der Waals surface area contributed by atoms with Gasteiger partial charge in [-0.05, 0) is 29.2 Å². The summed E-state index contributed by atoms with van der Waals surface area (Å²) in [5, 5.41) is 0. The highest BCUT2D eigenvalue weighted by molar-refractivity contribution is 5.84. The van der Waals surface area contributed by atoms with Crippen molar-refractivity contribution in [2.24, 2.45) is 0 Å². The number of benzene rings is 1. The summed E-state index contributed by atoms with van der Waals surface area (Å²) in [6, 6.07) is 8.34. The third kappa shape index (κ3) is 4.11. The van der Waals surface area contributed by atoms with Crippen LogP contribution < -0.4 is 0 Å². The second-order valence-electron chi connectivity index (χ2n) is 4.28. The van der Waals surface area contributed by atoms with Gasteiger partial charge in [0.05, 0.1) is 0 Å². The molecular formula is C19H20. The zero-order valence-electron chi connectivity index (χ0n) is 11.5. The van der Waals surface area contributed by atoms with E-state index in [0.717, 1.165) is 22.3 Å². The fraction of sp³-hybridized carbons (Fsp3) is 0.0526. The lowest BCUT2D eigenvalue weighted by Gasteiger charge is -2.11. The molecule has 0 aromatic heterocycles. The Balaban J connectivity index is 3.12. The second-order valence-corrected chi connectivity index (χ2v) is 4.28. The molecule has 96 valence electrons. The van der Waals surface area contributed by atoms with Gasteiger partial charge in [0.25, 0.3) is 0 Å². The zero-order chi connectivity index (χ0) is 14.3. The van der Waals surface area contributed by atoms with Crippen LogP contribution in [0.15, 0.2) is 92.1 Å². The minimum atomic E-state index is 0.869. The average molecular weight is 248 g/mol. The quantitative estimate of drug-likeness (QED) is 0.590. The number of hydrogen-bond donors (Lipinski definition) is 0. The summed E-state index contributed by atoms with van der Waals surface area (Å²) in [6.07, 6.45) is 9.21. The molecule has 0 saturated carbocycles. The van der Waals surface area contributed by atoms with Crippen LogP contribution in [0.1, 0.15) is 11.1 Å². The molecule has 0 spiro atoms. The largest absolute Gasteiger partial charge is 0.0991 e. The van der Waals surface area contributed by atoms with Gasteiger partial charge < -0.3 is 0 Å². The van der Waals surface area contributed by atoms with Gasteiger partial charge in [0.1, 0.15) is 0 Å². The van der Waals surface area contributed by atoms with Crippen molar-refractivity contribution in [2.45, 2.75) is 6.92 Å². The predicted molar refractivity (Wildman–Crippen MR) is 87.0 cm³/mol. The molecule has 0 fully saturated rings. The van der Waals surface area contributed by atoms with Gasteiger partial charge in [-0.3, -0.25) is 0 Å². The van der Waals surface area contributed by atoms with Crippen LogP contribution in [0.4, 0.5) is 0 Å². The highest BCUT2D eigenvalue weighted by atomic mass is 14.1. The summed E-state index contributed by atoms with van der Waals surface area (Å²) in [4.78, 5) is 0. The van der Waals surface area contributed by atoms with Gasteiger partial charge in [-0.25, -0.2) is 0 Å². The Bertz CT molecular complexity index is 548. The molecule has 0 atom stereocenters. The van der Waals surface area contributed by atoms with Crippen molar-refractivity contribution in [1.29, 1.82) is 0 Å². The molecule has 0 heteroatoms. The first-order chi connectivity index (χ1) is 9.10. The topological polar surface area (TPSA) is 0 Å². The van der Waals surface area contributed by atoms with Crippen molar-refractivity contribution in [3.8, 4) is 0 Å². The third-order valence-electron chi connectivity index (χ3n) is 2.79. The summed E-state index contributed by atoms with van der Waals surface area (Å²) in [6.45, 7) is 17.6. The molecule has 0 aliphatic rings. The molecule has 1 aromatic rings. The van der Waals surface area contributed by atoms with Gasteiger partial charge in [0.2, 0.25) is 0 Å². The molecule has 1 rings (SSSR count). The number of rotatable bonds is 6. The minimum Gasteiger partial charge on any atom is -0.0991 e. The molecule has 0 amide bonds. The van der Waals surface area contributed by atoms with Gasteiger partial charge in [-0.2, -0.15) is 0 Å². The van der Waals surface area contributed by atoms with Crippen LogP contribution in [-0.2, 0) is 0 Å². The van der Waals surface area contributed by atoms with Crippen LogP contribution in [0, 0.1) is 6.92 Å².